The molecular formula is C22H24FN3O3. The van der Waals surface area contributed by atoms with E-state index in [-0.39, 0.29) is 28.6 Å². The Hall–Kier alpha value is -2.96. The van der Waals surface area contributed by atoms with Gasteiger partial charge in [-0.1, -0.05) is 6.42 Å². The van der Waals surface area contributed by atoms with Crippen LogP contribution in [0.5, 0.6) is 5.88 Å². The fourth-order valence-electron chi connectivity index (χ4n) is 4.38. The summed E-state index contributed by atoms with van der Waals surface area (Å²) in [6.07, 6.45) is 5.08. The number of nitrogens with zero attached hydrogens (tertiary/aromatic N) is 2. The van der Waals surface area contributed by atoms with Crippen LogP contribution in [0.2, 0.25) is 0 Å². The summed E-state index contributed by atoms with van der Waals surface area (Å²) in [5.41, 5.74) is 0.722. The Morgan fingerprint density at radius 1 is 1.24 bits per heavy atom. The molecule has 1 aromatic heterocycles. The Labute approximate surface area is 169 Å². The Bertz CT molecular complexity index is 921. The fraction of sp³-hybridized carbons (Fsp3) is 0.409. The number of rotatable bonds is 5. The van der Waals surface area contributed by atoms with E-state index in [1.165, 1.54) is 30.8 Å². The highest BCUT2D eigenvalue weighted by Crippen LogP contribution is 2.38. The van der Waals surface area contributed by atoms with Gasteiger partial charge in [0.1, 0.15) is 11.4 Å². The van der Waals surface area contributed by atoms with Gasteiger partial charge in [0.05, 0.1) is 6.61 Å². The molecule has 2 aliphatic rings. The minimum absolute atomic E-state index is 0.189. The van der Waals surface area contributed by atoms with Crippen LogP contribution in [0, 0.1) is 17.7 Å². The molecule has 1 saturated carbocycles. The molecule has 0 unspecified atom stereocenters. The molecule has 0 bridgehead atoms. The second-order valence-corrected chi connectivity index (χ2v) is 7.63. The number of anilines is 1. The van der Waals surface area contributed by atoms with E-state index < -0.39 is 11.7 Å². The Balaban J connectivity index is 1.51. The van der Waals surface area contributed by atoms with Crippen LogP contribution in [-0.2, 0) is 0 Å². The van der Waals surface area contributed by atoms with E-state index in [9.17, 15) is 14.0 Å². The number of carbonyl (C=O) groups excluding carboxylic acids is 2. The first-order chi connectivity index (χ1) is 14.0. The van der Waals surface area contributed by atoms with Gasteiger partial charge in [-0.05, 0) is 61.9 Å². The van der Waals surface area contributed by atoms with Gasteiger partial charge in [0, 0.05) is 30.5 Å². The zero-order valence-corrected chi connectivity index (χ0v) is 16.4. The molecule has 1 N–H and O–H groups in total. The van der Waals surface area contributed by atoms with Crippen molar-refractivity contribution in [1.29, 1.82) is 0 Å². The lowest BCUT2D eigenvalue weighted by molar-refractivity contribution is 0.0779. The number of amides is 2. The van der Waals surface area contributed by atoms with E-state index in [1.54, 1.807) is 19.1 Å². The van der Waals surface area contributed by atoms with Crippen LogP contribution in [0.25, 0.3) is 0 Å². The average Bonchev–Trinajstić information content (AvgIpc) is 3.30. The van der Waals surface area contributed by atoms with E-state index in [0.29, 0.717) is 18.4 Å². The van der Waals surface area contributed by atoms with E-state index in [1.807, 2.05) is 4.90 Å². The van der Waals surface area contributed by atoms with Crippen molar-refractivity contribution in [2.24, 2.45) is 11.8 Å². The predicted octanol–water partition coefficient (Wildman–Crippen LogP) is 3.74. The first-order valence-corrected chi connectivity index (χ1v) is 10.0. The summed E-state index contributed by atoms with van der Waals surface area (Å²) in [5.74, 6) is 0.112. The molecule has 0 spiro atoms. The first-order valence-electron chi connectivity index (χ1n) is 10.0. The van der Waals surface area contributed by atoms with E-state index in [2.05, 4.69) is 10.3 Å². The average molecular weight is 397 g/mol. The summed E-state index contributed by atoms with van der Waals surface area (Å²) in [6, 6.07) is 7.16. The lowest BCUT2D eigenvalue weighted by Crippen LogP contribution is -2.29. The number of nitrogens with one attached hydrogen (secondary N) is 1. The Kier molecular flexibility index (Phi) is 5.47. The third kappa shape index (κ3) is 4.09. The molecule has 4 rings (SSSR count). The predicted molar refractivity (Wildman–Crippen MR) is 106 cm³/mol. The van der Waals surface area contributed by atoms with Crippen molar-refractivity contribution in [2.75, 3.05) is 25.0 Å². The summed E-state index contributed by atoms with van der Waals surface area (Å²) >= 11 is 0. The number of pyridine rings is 1. The molecule has 1 aliphatic carbocycles. The molecule has 152 valence electrons. The molecule has 2 amide bonds. The van der Waals surface area contributed by atoms with E-state index in [0.717, 1.165) is 25.9 Å². The van der Waals surface area contributed by atoms with Crippen LogP contribution >= 0.6 is 0 Å². The van der Waals surface area contributed by atoms with Crippen molar-refractivity contribution in [3.05, 3.63) is 53.5 Å². The summed E-state index contributed by atoms with van der Waals surface area (Å²) in [5, 5.41) is 2.65. The zero-order chi connectivity index (χ0) is 20.4. The number of fused-ring (bicyclic) bond motifs is 1. The van der Waals surface area contributed by atoms with E-state index in [4.69, 9.17) is 4.74 Å². The summed E-state index contributed by atoms with van der Waals surface area (Å²) in [7, 11) is 0. The highest BCUT2D eigenvalue weighted by molar-refractivity contribution is 6.06. The van der Waals surface area contributed by atoms with Gasteiger partial charge in [0.25, 0.3) is 11.8 Å². The fourth-order valence-corrected chi connectivity index (χ4v) is 4.38. The van der Waals surface area contributed by atoms with Gasteiger partial charge in [-0.3, -0.25) is 9.59 Å². The largest absolute Gasteiger partial charge is 0.477 e. The molecule has 1 aliphatic heterocycles. The molecular weight excluding hydrogens is 373 g/mol. The number of carbonyl (C=O) groups is 2. The van der Waals surface area contributed by atoms with Crippen LogP contribution in [0.3, 0.4) is 0 Å². The van der Waals surface area contributed by atoms with Crippen molar-refractivity contribution in [3.63, 3.8) is 0 Å². The maximum atomic E-state index is 14.2. The number of likely N-dealkylation sites (tertiary alicyclic amines) is 1. The van der Waals surface area contributed by atoms with Crippen molar-refractivity contribution < 1.29 is 18.7 Å². The molecule has 2 atom stereocenters. The smallest absolute Gasteiger partial charge is 0.261 e. The highest BCUT2D eigenvalue weighted by Gasteiger charge is 2.38. The summed E-state index contributed by atoms with van der Waals surface area (Å²) in [4.78, 5) is 31.4. The van der Waals surface area contributed by atoms with Gasteiger partial charge in [-0.2, -0.15) is 0 Å². The highest BCUT2D eigenvalue weighted by atomic mass is 19.1. The minimum Gasteiger partial charge on any atom is -0.477 e. The van der Waals surface area contributed by atoms with Gasteiger partial charge >= 0.3 is 0 Å². The molecule has 2 fully saturated rings. The second kappa shape index (κ2) is 8.19. The van der Waals surface area contributed by atoms with Crippen molar-refractivity contribution in [2.45, 2.75) is 26.2 Å². The minimum atomic E-state index is -0.568. The third-order valence-electron chi connectivity index (χ3n) is 5.71. The Morgan fingerprint density at radius 3 is 2.72 bits per heavy atom. The molecule has 1 aromatic carbocycles. The second-order valence-electron chi connectivity index (χ2n) is 7.63. The number of hydrogen-bond donors (Lipinski definition) is 1. The maximum absolute atomic E-state index is 14.2. The number of aromatic nitrogens is 1. The van der Waals surface area contributed by atoms with Crippen molar-refractivity contribution >= 4 is 17.5 Å². The van der Waals surface area contributed by atoms with Gasteiger partial charge in [0.15, 0.2) is 0 Å². The van der Waals surface area contributed by atoms with Crippen LogP contribution in [-0.4, -0.2) is 41.4 Å². The summed E-state index contributed by atoms with van der Waals surface area (Å²) in [6.45, 7) is 3.63. The standard InChI is InChI=1S/C22H24FN3O3/c1-2-29-21-19(7-4-8-24-21)20(27)25-18-10-16(9-17(23)11-18)22(28)26-12-14-5-3-6-15(14)13-26/h4,7-11,14-15H,2-3,5-6,12-13H2,1H3,(H,25,27)/t14-,15+. The molecule has 7 heteroatoms. The lowest BCUT2D eigenvalue weighted by Gasteiger charge is -2.18. The van der Waals surface area contributed by atoms with Gasteiger partial charge < -0.3 is 15.0 Å². The van der Waals surface area contributed by atoms with Crippen LogP contribution in [0.1, 0.15) is 46.9 Å². The maximum Gasteiger partial charge on any atom is 0.261 e. The van der Waals surface area contributed by atoms with Gasteiger partial charge in [-0.15, -0.1) is 0 Å². The van der Waals surface area contributed by atoms with Crippen molar-refractivity contribution in [1.82, 2.24) is 9.88 Å². The third-order valence-corrected chi connectivity index (χ3v) is 5.71. The topological polar surface area (TPSA) is 71.5 Å². The monoisotopic (exact) mass is 397 g/mol. The number of hydrogen-bond acceptors (Lipinski definition) is 4. The molecule has 6 nitrogen and oxygen atoms in total. The molecule has 0 radical (unpaired) electrons. The Morgan fingerprint density at radius 2 is 2.00 bits per heavy atom. The normalized spacial score (nSPS) is 20.4. The molecule has 29 heavy (non-hydrogen) atoms. The van der Waals surface area contributed by atoms with Gasteiger partial charge in [-0.25, -0.2) is 9.37 Å². The summed E-state index contributed by atoms with van der Waals surface area (Å²) < 4.78 is 19.6. The van der Waals surface area contributed by atoms with Crippen LogP contribution in [0.15, 0.2) is 36.5 Å². The number of benzene rings is 1. The SMILES string of the molecule is CCOc1ncccc1C(=O)Nc1cc(F)cc(C(=O)N2C[C@H]3CCC[C@H]3C2)c1. The first kappa shape index (κ1) is 19.4. The van der Waals surface area contributed by atoms with Crippen LogP contribution in [0.4, 0.5) is 10.1 Å². The quantitative estimate of drug-likeness (QED) is 0.834. The molecule has 2 heterocycles. The molecule has 1 saturated heterocycles. The van der Waals surface area contributed by atoms with Gasteiger partial charge in [0.2, 0.25) is 5.88 Å². The number of halogens is 1. The number of ether oxygens (including phenoxy) is 1. The lowest BCUT2D eigenvalue weighted by atomic mass is 10.0. The van der Waals surface area contributed by atoms with Crippen molar-refractivity contribution in [3.8, 4) is 5.88 Å². The molecule has 2 aromatic rings. The van der Waals surface area contributed by atoms with Crippen LogP contribution < -0.4 is 10.1 Å². The zero-order valence-electron chi connectivity index (χ0n) is 16.4. The van der Waals surface area contributed by atoms with E-state index >= 15 is 0 Å².